The van der Waals surface area contributed by atoms with E-state index in [4.69, 9.17) is 14.7 Å². The normalized spacial score (nSPS) is 18.0. The third-order valence-electron chi connectivity index (χ3n) is 2.71. The van der Waals surface area contributed by atoms with Crippen LogP contribution in [0.2, 0.25) is 0 Å². The van der Waals surface area contributed by atoms with Crippen LogP contribution in [0.5, 0.6) is 0 Å². The molecule has 0 atom stereocenters. The van der Waals surface area contributed by atoms with Crippen LogP contribution in [-0.2, 0) is 5.54 Å². The van der Waals surface area contributed by atoms with Crippen LogP contribution in [0.15, 0.2) is 21.3 Å². The highest BCUT2D eigenvalue weighted by Crippen LogP contribution is 2.42. The van der Waals surface area contributed by atoms with Gasteiger partial charge in [0.25, 0.3) is 0 Å². The summed E-state index contributed by atoms with van der Waals surface area (Å²) in [6.45, 7) is 1.93. The topological polar surface area (TPSA) is 78.1 Å². The first-order valence-corrected chi connectivity index (χ1v) is 4.87. The molecule has 0 unspecified atom stereocenters. The van der Waals surface area contributed by atoms with Crippen LogP contribution in [0.25, 0.3) is 11.6 Å². The quantitative estimate of drug-likeness (QED) is 0.805. The molecule has 0 spiro atoms. The van der Waals surface area contributed by atoms with Gasteiger partial charge in [0, 0.05) is 0 Å². The van der Waals surface area contributed by atoms with E-state index in [1.165, 1.54) is 0 Å². The molecule has 0 aromatic carbocycles. The molecular weight excluding hydrogens is 194 g/mol. The Balaban J connectivity index is 2.01. The van der Waals surface area contributed by atoms with Crippen molar-refractivity contribution in [1.29, 1.82) is 0 Å². The van der Waals surface area contributed by atoms with Crippen molar-refractivity contribution in [2.45, 2.75) is 25.3 Å². The highest BCUT2D eigenvalue weighted by Gasteiger charge is 2.45. The molecule has 2 aromatic heterocycles. The first kappa shape index (κ1) is 8.67. The molecule has 15 heavy (non-hydrogen) atoms. The van der Waals surface area contributed by atoms with Crippen molar-refractivity contribution >= 4 is 0 Å². The third-order valence-corrected chi connectivity index (χ3v) is 2.71. The molecule has 0 aliphatic heterocycles. The second-order valence-corrected chi connectivity index (χ2v) is 4.01. The van der Waals surface area contributed by atoms with Crippen LogP contribution in [0.4, 0.5) is 0 Å². The lowest BCUT2D eigenvalue weighted by Gasteiger charge is -1.97. The predicted octanol–water partition coefficient (Wildman–Crippen LogP) is 1.59. The average molecular weight is 205 g/mol. The molecule has 78 valence electrons. The fraction of sp³-hybridized carbons (Fsp3) is 0.400. The van der Waals surface area contributed by atoms with Gasteiger partial charge in [-0.05, 0) is 31.4 Å². The van der Waals surface area contributed by atoms with Gasteiger partial charge >= 0.3 is 0 Å². The van der Waals surface area contributed by atoms with E-state index in [-0.39, 0.29) is 5.54 Å². The molecule has 2 heterocycles. The van der Waals surface area contributed by atoms with Crippen LogP contribution >= 0.6 is 0 Å². The van der Waals surface area contributed by atoms with Gasteiger partial charge in [-0.25, -0.2) is 0 Å². The molecule has 0 amide bonds. The van der Waals surface area contributed by atoms with E-state index >= 15 is 0 Å². The second-order valence-electron chi connectivity index (χ2n) is 4.01. The Morgan fingerprint density at radius 2 is 2.27 bits per heavy atom. The minimum absolute atomic E-state index is 0.383. The summed E-state index contributed by atoms with van der Waals surface area (Å²) in [5, 5.41) is 3.87. The van der Waals surface area contributed by atoms with Gasteiger partial charge in [0.1, 0.15) is 0 Å². The van der Waals surface area contributed by atoms with E-state index in [2.05, 4.69) is 10.1 Å². The van der Waals surface area contributed by atoms with Crippen LogP contribution in [-0.4, -0.2) is 10.1 Å². The number of aryl methyl sites for hydroxylation is 1. The predicted molar refractivity (Wildman–Crippen MR) is 51.8 cm³/mol. The third kappa shape index (κ3) is 1.27. The molecule has 5 nitrogen and oxygen atoms in total. The minimum atomic E-state index is -0.383. The van der Waals surface area contributed by atoms with Crippen molar-refractivity contribution in [2.75, 3.05) is 0 Å². The molecule has 5 heteroatoms. The summed E-state index contributed by atoms with van der Waals surface area (Å²) in [4.78, 5) is 4.25. The molecule has 1 aliphatic carbocycles. The van der Waals surface area contributed by atoms with Gasteiger partial charge in [0.15, 0.2) is 5.76 Å². The van der Waals surface area contributed by atoms with Gasteiger partial charge in [-0.3, -0.25) is 0 Å². The van der Waals surface area contributed by atoms with Crippen LogP contribution in [0.1, 0.15) is 24.3 Å². The van der Waals surface area contributed by atoms with E-state index in [0.29, 0.717) is 17.5 Å². The van der Waals surface area contributed by atoms with Gasteiger partial charge in [-0.15, -0.1) is 0 Å². The van der Waals surface area contributed by atoms with E-state index in [1.54, 1.807) is 6.26 Å². The number of furan rings is 1. The van der Waals surface area contributed by atoms with Gasteiger partial charge in [-0.2, -0.15) is 4.98 Å². The maximum atomic E-state index is 5.95. The van der Waals surface area contributed by atoms with Crippen molar-refractivity contribution < 1.29 is 8.94 Å². The van der Waals surface area contributed by atoms with Gasteiger partial charge in [-0.1, -0.05) is 5.16 Å². The molecule has 1 aliphatic rings. The number of rotatable bonds is 2. The van der Waals surface area contributed by atoms with E-state index in [9.17, 15) is 0 Å². The first-order chi connectivity index (χ1) is 7.19. The smallest absolute Gasteiger partial charge is 0.247 e. The molecule has 1 fully saturated rings. The summed E-state index contributed by atoms with van der Waals surface area (Å²) in [6.07, 6.45) is 3.42. The molecule has 0 saturated heterocycles. The second kappa shape index (κ2) is 2.70. The Labute approximate surface area is 86.3 Å². The van der Waals surface area contributed by atoms with Crippen LogP contribution in [0, 0.1) is 6.92 Å². The summed E-state index contributed by atoms with van der Waals surface area (Å²) >= 11 is 0. The molecule has 2 aromatic rings. The zero-order chi connectivity index (χ0) is 10.5. The summed E-state index contributed by atoms with van der Waals surface area (Å²) in [7, 11) is 0. The SMILES string of the molecule is Cc1ccoc1-c1noc(C2(N)CC2)n1. The summed E-state index contributed by atoms with van der Waals surface area (Å²) in [5.41, 5.74) is 6.55. The Morgan fingerprint density at radius 3 is 2.87 bits per heavy atom. The average Bonchev–Trinajstić information content (AvgIpc) is 2.70. The van der Waals surface area contributed by atoms with Crippen molar-refractivity contribution in [2.24, 2.45) is 5.73 Å². The maximum absolute atomic E-state index is 5.95. The van der Waals surface area contributed by atoms with Gasteiger partial charge < -0.3 is 14.7 Å². The zero-order valence-corrected chi connectivity index (χ0v) is 8.36. The highest BCUT2D eigenvalue weighted by molar-refractivity contribution is 5.51. The number of nitrogens with two attached hydrogens (primary N) is 1. The Kier molecular flexibility index (Phi) is 1.56. The number of nitrogens with zero attached hydrogens (tertiary/aromatic N) is 2. The lowest BCUT2D eigenvalue weighted by Crippen LogP contribution is -2.18. The Morgan fingerprint density at radius 1 is 1.47 bits per heavy atom. The number of hydrogen-bond acceptors (Lipinski definition) is 5. The monoisotopic (exact) mass is 205 g/mol. The maximum Gasteiger partial charge on any atom is 0.247 e. The summed E-state index contributed by atoms with van der Waals surface area (Å²) < 4.78 is 10.4. The standard InChI is InChI=1S/C10H11N3O2/c1-6-2-5-14-7(6)8-12-9(15-13-8)10(11)3-4-10/h2,5H,3-4,11H2,1H3. The lowest BCUT2D eigenvalue weighted by molar-refractivity contribution is 0.347. The molecule has 1 saturated carbocycles. The fourth-order valence-electron chi connectivity index (χ4n) is 1.47. The first-order valence-electron chi connectivity index (χ1n) is 4.87. The Bertz CT molecular complexity index is 496. The van der Waals surface area contributed by atoms with Crippen LogP contribution in [0.3, 0.4) is 0 Å². The molecule has 2 N–H and O–H groups in total. The highest BCUT2D eigenvalue weighted by atomic mass is 16.5. The summed E-state index contributed by atoms with van der Waals surface area (Å²) in [6, 6.07) is 1.86. The number of hydrogen-bond donors (Lipinski definition) is 1. The molecule has 3 rings (SSSR count). The van der Waals surface area contributed by atoms with Crippen molar-refractivity contribution in [3.63, 3.8) is 0 Å². The Hall–Kier alpha value is -1.62. The van der Waals surface area contributed by atoms with Gasteiger partial charge in [0.2, 0.25) is 11.7 Å². The van der Waals surface area contributed by atoms with E-state index in [1.807, 2.05) is 13.0 Å². The van der Waals surface area contributed by atoms with Crippen molar-refractivity contribution in [1.82, 2.24) is 10.1 Å². The van der Waals surface area contributed by atoms with Gasteiger partial charge in [0.05, 0.1) is 11.8 Å². The zero-order valence-electron chi connectivity index (χ0n) is 8.36. The van der Waals surface area contributed by atoms with Crippen molar-refractivity contribution in [3.05, 3.63) is 23.8 Å². The fourth-order valence-corrected chi connectivity index (χ4v) is 1.47. The lowest BCUT2D eigenvalue weighted by atomic mass is 10.2. The van der Waals surface area contributed by atoms with E-state index < -0.39 is 0 Å². The largest absolute Gasteiger partial charge is 0.461 e. The summed E-state index contributed by atoms with van der Waals surface area (Å²) in [5.74, 6) is 1.63. The van der Waals surface area contributed by atoms with Crippen LogP contribution < -0.4 is 5.73 Å². The van der Waals surface area contributed by atoms with Crippen molar-refractivity contribution in [3.8, 4) is 11.6 Å². The molecular formula is C10H11N3O2. The molecule has 0 bridgehead atoms. The molecule has 0 radical (unpaired) electrons. The minimum Gasteiger partial charge on any atom is -0.461 e. The number of aromatic nitrogens is 2. The van der Waals surface area contributed by atoms with E-state index in [0.717, 1.165) is 18.4 Å².